The molecule has 1 amide bonds. The number of amides is 1. The Morgan fingerprint density at radius 3 is 2.71 bits per heavy atom. The molecular formula is C18H18Cl2N6O2. The van der Waals surface area contributed by atoms with Crippen LogP contribution in [0.1, 0.15) is 37.1 Å². The first-order valence-electron chi connectivity index (χ1n) is 8.95. The van der Waals surface area contributed by atoms with E-state index in [1.807, 2.05) is 11.0 Å². The Labute approximate surface area is 170 Å². The third kappa shape index (κ3) is 3.62. The van der Waals surface area contributed by atoms with Gasteiger partial charge in [0.2, 0.25) is 5.91 Å². The molecule has 0 aliphatic carbocycles. The number of carbonyl (C=O) groups is 1. The minimum absolute atomic E-state index is 0.0671. The first-order valence-corrected chi connectivity index (χ1v) is 9.71. The first kappa shape index (κ1) is 18.9. The van der Waals surface area contributed by atoms with Crippen molar-refractivity contribution in [1.82, 2.24) is 29.9 Å². The molecule has 0 atom stereocenters. The van der Waals surface area contributed by atoms with E-state index in [1.54, 1.807) is 23.7 Å². The van der Waals surface area contributed by atoms with E-state index >= 15 is 0 Å². The van der Waals surface area contributed by atoms with Gasteiger partial charge in [-0.25, -0.2) is 9.67 Å². The van der Waals surface area contributed by atoms with Crippen LogP contribution in [0.4, 0.5) is 0 Å². The van der Waals surface area contributed by atoms with Crippen LogP contribution in [0.3, 0.4) is 0 Å². The Hall–Kier alpha value is -2.45. The predicted molar refractivity (Wildman–Crippen MR) is 106 cm³/mol. The molecular weight excluding hydrogens is 403 g/mol. The number of hydrogen-bond donors (Lipinski definition) is 1. The molecule has 0 spiro atoms. The summed E-state index contributed by atoms with van der Waals surface area (Å²) in [7, 11) is 0. The Morgan fingerprint density at radius 2 is 2.04 bits per heavy atom. The molecule has 3 aromatic rings. The van der Waals surface area contributed by atoms with Gasteiger partial charge in [0.25, 0.3) is 5.56 Å². The van der Waals surface area contributed by atoms with Crippen molar-refractivity contribution < 1.29 is 4.79 Å². The molecule has 0 unspecified atom stereocenters. The van der Waals surface area contributed by atoms with E-state index in [0.717, 1.165) is 18.4 Å². The number of rotatable bonds is 3. The largest absolute Gasteiger partial charge is 0.343 e. The van der Waals surface area contributed by atoms with E-state index in [1.165, 1.54) is 0 Å². The fraction of sp³-hybridized carbons (Fsp3) is 0.389. The maximum Gasteiger partial charge on any atom is 0.281 e. The number of likely N-dealkylation sites (tertiary alicyclic amines) is 1. The number of nitrogens with zero attached hydrogens (tertiary/aromatic N) is 5. The Kier molecular flexibility index (Phi) is 5.07. The first-order chi connectivity index (χ1) is 13.4. The van der Waals surface area contributed by atoms with E-state index in [2.05, 4.69) is 20.3 Å². The number of piperidine rings is 1. The number of fused-ring (bicyclic) bond motifs is 1. The fourth-order valence-corrected chi connectivity index (χ4v) is 3.93. The van der Waals surface area contributed by atoms with Crippen molar-refractivity contribution in [2.24, 2.45) is 0 Å². The molecule has 3 heterocycles. The second-order valence-corrected chi connectivity index (χ2v) is 7.73. The summed E-state index contributed by atoms with van der Waals surface area (Å²) in [6, 6.07) is 5.21. The van der Waals surface area contributed by atoms with Crippen LogP contribution in [0.2, 0.25) is 10.0 Å². The van der Waals surface area contributed by atoms with Crippen LogP contribution < -0.4 is 5.56 Å². The summed E-state index contributed by atoms with van der Waals surface area (Å²) in [5.41, 5.74) is 1.09. The van der Waals surface area contributed by atoms with Gasteiger partial charge in [0.15, 0.2) is 11.2 Å². The van der Waals surface area contributed by atoms with Gasteiger partial charge in [-0.2, -0.15) is 0 Å². The third-order valence-corrected chi connectivity index (χ3v) is 5.64. The molecule has 0 saturated carbocycles. The van der Waals surface area contributed by atoms with Crippen LogP contribution in [-0.4, -0.2) is 48.9 Å². The van der Waals surface area contributed by atoms with E-state index in [-0.39, 0.29) is 22.9 Å². The van der Waals surface area contributed by atoms with Gasteiger partial charge in [0.1, 0.15) is 5.82 Å². The van der Waals surface area contributed by atoms with Crippen molar-refractivity contribution in [3.05, 3.63) is 50.0 Å². The van der Waals surface area contributed by atoms with Gasteiger partial charge in [-0.15, -0.1) is 5.10 Å². The third-order valence-electron chi connectivity index (χ3n) is 5.05. The monoisotopic (exact) mass is 420 g/mol. The highest BCUT2D eigenvalue weighted by Gasteiger charge is 2.25. The van der Waals surface area contributed by atoms with Gasteiger partial charge in [0.05, 0.1) is 6.54 Å². The summed E-state index contributed by atoms with van der Waals surface area (Å²) in [6.07, 6.45) is 1.50. The Balaban J connectivity index is 1.65. The fourth-order valence-electron chi connectivity index (χ4n) is 3.46. The van der Waals surface area contributed by atoms with Crippen LogP contribution in [-0.2, 0) is 11.3 Å². The molecule has 1 N–H and O–H groups in total. The number of halogens is 2. The summed E-state index contributed by atoms with van der Waals surface area (Å²) in [5.74, 6) is 0.749. The van der Waals surface area contributed by atoms with Gasteiger partial charge < -0.3 is 9.88 Å². The van der Waals surface area contributed by atoms with E-state index in [9.17, 15) is 9.59 Å². The quantitative estimate of drug-likeness (QED) is 0.701. The molecule has 1 aromatic carbocycles. The lowest BCUT2D eigenvalue weighted by atomic mass is 9.96. The molecule has 0 radical (unpaired) electrons. The number of hydrogen-bond acceptors (Lipinski definition) is 5. The molecule has 146 valence electrons. The molecule has 4 rings (SSSR count). The van der Waals surface area contributed by atoms with Crippen molar-refractivity contribution in [3.8, 4) is 0 Å². The van der Waals surface area contributed by atoms with E-state index in [0.29, 0.717) is 41.2 Å². The van der Waals surface area contributed by atoms with Crippen molar-refractivity contribution in [2.75, 3.05) is 13.1 Å². The van der Waals surface area contributed by atoms with Crippen LogP contribution in [0, 0.1) is 0 Å². The number of benzene rings is 1. The van der Waals surface area contributed by atoms with Crippen LogP contribution in [0.15, 0.2) is 23.0 Å². The summed E-state index contributed by atoms with van der Waals surface area (Å²) >= 11 is 12.2. The number of aromatic amines is 1. The standard InChI is InChI=1S/C18H18Cl2N6O2/c1-10(27)25-6-4-11(5-7-25)16-21-17-15(18(28)22-16)23-24-26(17)9-12-2-3-13(19)8-14(12)20/h2-3,8,11H,4-7,9H2,1H3,(H,21,22,28). The van der Waals surface area contributed by atoms with Crippen molar-refractivity contribution >= 4 is 40.3 Å². The maximum atomic E-state index is 12.5. The van der Waals surface area contributed by atoms with Crippen molar-refractivity contribution in [1.29, 1.82) is 0 Å². The highest BCUT2D eigenvalue weighted by atomic mass is 35.5. The van der Waals surface area contributed by atoms with Gasteiger partial charge in [-0.1, -0.05) is 34.5 Å². The summed E-state index contributed by atoms with van der Waals surface area (Å²) in [5, 5.41) is 9.10. The van der Waals surface area contributed by atoms with Gasteiger partial charge in [0, 0.05) is 36.0 Å². The molecule has 1 saturated heterocycles. The molecule has 1 aliphatic heterocycles. The van der Waals surface area contributed by atoms with Crippen LogP contribution >= 0.6 is 23.2 Å². The average Bonchev–Trinajstić information content (AvgIpc) is 3.07. The van der Waals surface area contributed by atoms with Crippen molar-refractivity contribution in [3.63, 3.8) is 0 Å². The van der Waals surface area contributed by atoms with Gasteiger partial charge in [-0.05, 0) is 30.5 Å². The second-order valence-electron chi connectivity index (χ2n) is 6.89. The average molecular weight is 421 g/mol. The minimum Gasteiger partial charge on any atom is -0.343 e. The maximum absolute atomic E-state index is 12.5. The topological polar surface area (TPSA) is 96.8 Å². The molecule has 1 fully saturated rings. The highest BCUT2D eigenvalue weighted by molar-refractivity contribution is 6.35. The second kappa shape index (κ2) is 7.52. The molecule has 28 heavy (non-hydrogen) atoms. The molecule has 1 aliphatic rings. The molecule has 2 aromatic heterocycles. The zero-order valence-corrected chi connectivity index (χ0v) is 16.7. The van der Waals surface area contributed by atoms with Gasteiger partial charge in [-0.3, -0.25) is 9.59 Å². The Morgan fingerprint density at radius 1 is 1.29 bits per heavy atom. The lowest BCUT2D eigenvalue weighted by Gasteiger charge is -2.30. The SMILES string of the molecule is CC(=O)N1CCC(c2nc3c(nnn3Cc3ccc(Cl)cc3Cl)c(=O)[nH]2)CC1. The zero-order valence-electron chi connectivity index (χ0n) is 15.2. The number of carbonyl (C=O) groups excluding carboxylic acids is 1. The lowest BCUT2D eigenvalue weighted by molar-refractivity contribution is -0.129. The number of H-pyrrole nitrogens is 1. The minimum atomic E-state index is -0.317. The molecule has 0 bridgehead atoms. The van der Waals surface area contributed by atoms with Crippen LogP contribution in [0.5, 0.6) is 0 Å². The smallest absolute Gasteiger partial charge is 0.281 e. The number of aromatic nitrogens is 5. The molecule has 8 nitrogen and oxygen atoms in total. The Bertz CT molecular complexity index is 1100. The van der Waals surface area contributed by atoms with Gasteiger partial charge >= 0.3 is 0 Å². The highest BCUT2D eigenvalue weighted by Crippen LogP contribution is 2.26. The zero-order chi connectivity index (χ0) is 19.8. The molecule has 10 heteroatoms. The summed E-state index contributed by atoms with van der Waals surface area (Å²) in [6.45, 7) is 3.20. The normalized spacial score (nSPS) is 15.3. The van der Waals surface area contributed by atoms with E-state index in [4.69, 9.17) is 23.2 Å². The van der Waals surface area contributed by atoms with Crippen molar-refractivity contribution in [2.45, 2.75) is 32.2 Å². The summed E-state index contributed by atoms with van der Waals surface area (Å²) in [4.78, 5) is 33.3. The lowest BCUT2D eigenvalue weighted by Crippen LogP contribution is -2.37. The predicted octanol–water partition coefficient (Wildman–Crippen LogP) is 2.60. The van der Waals surface area contributed by atoms with E-state index < -0.39 is 0 Å². The number of nitrogens with one attached hydrogen (secondary N) is 1. The summed E-state index contributed by atoms with van der Waals surface area (Å²) < 4.78 is 1.56. The van der Waals surface area contributed by atoms with Crippen LogP contribution in [0.25, 0.3) is 11.2 Å².